The van der Waals surface area contributed by atoms with Gasteiger partial charge in [0.1, 0.15) is 0 Å². The van der Waals surface area contributed by atoms with Crippen molar-refractivity contribution in [1.82, 2.24) is 24.5 Å². The van der Waals surface area contributed by atoms with Crippen LogP contribution in [0.5, 0.6) is 0 Å². The van der Waals surface area contributed by atoms with Crippen molar-refractivity contribution < 1.29 is 0 Å². The molecule has 3 heterocycles. The van der Waals surface area contributed by atoms with Gasteiger partial charge < -0.3 is 9.99 Å². The maximum absolute atomic E-state index is 6.29. The second kappa shape index (κ2) is 8.52. The van der Waals surface area contributed by atoms with Crippen LogP contribution in [0.15, 0.2) is 36.7 Å². The standard InChI is InChI=1S/C23H29ClN6/c1-16(17-7-3-2-4-8-17)18-11-13-29(14-12-18)28-21-20-22(27-23(24)26-21)30(15-25-20)19-9-5-6-10-19/h2-4,7-8,15-16,18-19H,5-6,9-14H2,1H3,(H,26,27,28). The number of imidazole rings is 1. The molecule has 2 aliphatic rings. The molecule has 3 aromatic rings. The van der Waals surface area contributed by atoms with Gasteiger partial charge in [-0.05, 0) is 54.7 Å². The van der Waals surface area contributed by atoms with Gasteiger partial charge >= 0.3 is 0 Å². The number of aromatic nitrogens is 4. The predicted octanol–water partition coefficient (Wildman–Crippen LogP) is 5.44. The number of nitrogens with zero attached hydrogens (tertiary/aromatic N) is 5. The fraction of sp³-hybridized carbons (Fsp3) is 0.522. The number of hydrogen-bond acceptors (Lipinski definition) is 5. The maximum atomic E-state index is 6.29. The summed E-state index contributed by atoms with van der Waals surface area (Å²) >= 11 is 6.29. The molecule has 1 aliphatic carbocycles. The van der Waals surface area contributed by atoms with E-state index < -0.39 is 0 Å². The van der Waals surface area contributed by atoms with Gasteiger partial charge in [0.2, 0.25) is 5.28 Å². The van der Waals surface area contributed by atoms with Crippen molar-refractivity contribution in [2.45, 2.75) is 57.4 Å². The van der Waals surface area contributed by atoms with Crippen molar-refractivity contribution in [3.05, 3.63) is 47.5 Å². The van der Waals surface area contributed by atoms with Gasteiger partial charge in [0.05, 0.1) is 6.33 Å². The lowest BCUT2D eigenvalue weighted by Gasteiger charge is -2.35. The number of nitrogens with one attached hydrogen (secondary N) is 1. The van der Waals surface area contributed by atoms with Gasteiger partial charge in [-0.2, -0.15) is 9.97 Å². The molecule has 1 atom stereocenters. The minimum atomic E-state index is 0.275. The van der Waals surface area contributed by atoms with Crippen LogP contribution in [0.2, 0.25) is 5.28 Å². The van der Waals surface area contributed by atoms with E-state index in [4.69, 9.17) is 11.6 Å². The summed E-state index contributed by atoms with van der Waals surface area (Å²) in [7, 11) is 0. The Morgan fingerprint density at radius 1 is 1.03 bits per heavy atom. The largest absolute Gasteiger partial charge is 0.312 e. The topological polar surface area (TPSA) is 58.9 Å². The predicted molar refractivity (Wildman–Crippen MR) is 121 cm³/mol. The summed E-state index contributed by atoms with van der Waals surface area (Å²) < 4.78 is 2.19. The molecule has 1 saturated carbocycles. The fourth-order valence-electron chi connectivity index (χ4n) is 5.11. The summed E-state index contributed by atoms with van der Waals surface area (Å²) in [6, 6.07) is 11.3. The molecule has 1 aromatic carbocycles. The Kier molecular flexibility index (Phi) is 5.61. The minimum Gasteiger partial charge on any atom is -0.312 e. The average molecular weight is 425 g/mol. The van der Waals surface area contributed by atoms with Crippen LogP contribution in [-0.2, 0) is 0 Å². The molecule has 1 aliphatic heterocycles. The first-order chi connectivity index (χ1) is 14.7. The first kappa shape index (κ1) is 19.8. The molecule has 6 nitrogen and oxygen atoms in total. The molecule has 158 valence electrons. The van der Waals surface area contributed by atoms with Crippen LogP contribution in [0.1, 0.15) is 63.0 Å². The minimum absolute atomic E-state index is 0.275. The second-order valence-corrected chi connectivity index (χ2v) is 9.08. The molecule has 1 N–H and O–H groups in total. The molecule has 2 fully saturated rings. The lowest BCUT2D eigenvalue weighted by Crippen LogP contribution is -2.39. The zero-order valence-corrected chi connectivity index (χ0v) is 18.2. The summed E-state index contributed by atoms with van der Waals surface area (Å²) in [6.07, 6.45) is 9.12. The van der Waals surface area contributed by atoms with Crippen LogP contribution in [0.4, 0.5) is 5.82 Å². The number of anilines is 1. The van der Waals surface area contributed by atoms with E-state index in [1.807, 2.05) is 6.33 Å². The third-order valence-corrected chi connectivity index (χ3v) is 7.12. The highest BCUT2D eigenvalue weighted by molar-refractivity contribution is 6.28. The highest BCUT2D eigenvalue weighted by atomic mass is 35.5. The van der Waals surface area contributed by atoms with E-state index in [1.165, 1.54) is 31.2 Å². The van der Waals surface area contributed by atoms with E-state index in [-0.39, 0.29) is 5.28 Å². The molecule has 5 rings (SSSR count). The molecule has 7 heteroatoms. The van der Waals surface area contributed by atoms with Gasteiger partial charge in [-0.25, -0.2) is 9.99 Å². The second-order valence-electron chi connectivity index (χ2n) is 8.74. The third-order valence-electron chi connectivity index (χ3n) is 6.95. The molecule has 0 radical (unpaired) electrons. The van der Waals surface area contributed by atoms with Gasteiger partial charge in [0.25, 0.3) is 0 Å². The first-order valence-corrected chi connectivity index (χ1v) is 11.5. The lowest BCUT2D eigenvalue weighted by atomic mass is 9.81. The maximum Gasteiger partial charge on any atom is 0.226 e. The number of benzene rings is 1. The van der Waals surface area contributed by atoms with Gasteiger partial charge in [-0.15, -0.1) is 0 Å². The Morgan fingerprint density at radius 2 is 1.77 bits per heavy atom. The number of hydrazine groups is 1. The number of fused-ring (bicyclic) bond motifs is 1. The highest BCUT2D eigenvalue weighted by Crippen LogP contribution is 2.34. The van der Waals surface area contributed by atoms with E-state index >= 15 is 0 Å². The zero-order valence-electron chi connectivity index (χ0n) is 17.5. The number of halogens is 1. The third kappa shape index (κ3) is 3.91. The van der Waals surface area contributed by atoms with Crippen molar-refractivity contribution in [3.8, 4) is 0 Å². The molecule has 1 saturated heterocycles. The van der Waals surface area contributed by atoms with Crippen molar-refractivity contribution in [1.29, 1.82) is 0 Å². The quantitative estimate of drug-likeness (QED) is 0.553. The summed E-state index contributed by atoms with van der Waals surface area (Å²) in [6.45, 7) is 4.31. The van der Waals surface area contributed by atoms with Crippen LogP contribution in [-0.4, -0.2) is 37.6 Å². The van der Waals surface area contributed by atoms with Crippen LogP contribution in [0.25, 0.3) is 11.2 Å². The normalized spacial score (nSPS) is 20.1. The fourth-order valence-corrected chi connectivity index (χ4v) is 5.27. The highest BCUT2D eigenvalue weighted by Gasteiger charge is 2.26. The smallest absolute Gasteiger partial charge is 0.226 e. The molecule has 0 amide bonds. The lowest BCUT2D eigenvalue weighted by molar-refractivity contribution is 0.200. The first-order valence-electron chi connectivity index (χ1n) is 11.2. The summed E-state index contributed by atoms with van der Waals surface area (Å²) in [5, 5.41) is 2.53. The van der Waals surface area contributed by atoms with Gasteiger partial charge in [0, 0.05) is 19.1 Å². The SMILES string of the molecule is CC(c1ccccc1)C1CCN(Nc2nc(Cl)nc3c2ncn3C2CCCC2)CC1. The molecule has 2 aromatic heterocycles. The van der Waals surface area contributed by atoms with Gasteiger partial charge in [-0.1, -0.05) is 50.1 Å². The summed E-state index contributed by atoms with van der Waals surface area (Å²) in [5.41, 5.74) is 6.58. The summed E-state index contributed by atoms with van der Waals surface area (Å²) in [5.74, 6) is 1.99. The molecule has 0 spiro atoms. The van der Waals surface area contributed by atoms with Crippen LogP contribution >= 0.6 is 11.6 Å². The molecule has 1 unspecified atom stereocenters. The number of piperidine rings is 1. The van der Waals surface area contributed by atoms with Crippen molar-refractivity contribution >= 4 is 28.6 Å². The van der Waals surface area contributed by atoms with Crippen LogP contribution < -0.4 is 5.43 Å². The van der Waals surface area contributed by atoms with Crippen molar-refractivity contribution in [2.24, 2.45) is 5.92 Å². The number of hydrogen-bond donors (Lipinski definition) is 1. The Hall–Kier alpha value is -2.18. The molecular weight excluding hydrogens is 396 g/mol. The number of rotatable bonds is 5. The Morgan fingerprint density at radius 3 is 2.50 bits per heavy atom. The van der Waals surface area contributed by atoms with Crippen molar-refractivity contribution in [3.63, 3.8) is 0 Å². The Bertz CT molecular complexity index is 990. The molecular formula is C23H29ClN6. The Labute approximate surface area is 182 Å². The van der Waals surface area contributed by atoms with E-state index in [2.05, 4.69) is 67.2 Å². The zero-order chi connectivity index (χ0) is 20.5. The van der Waals surface area contributed by atoms with Crippen LogP contribution in [0, 0.1) is 5.92 Å². The van der Waals surface area contributed by atoms with Gasteiger partial charge in [0.15, 0.2) is 17.0 Å². The monoisotopic (exact) mass is 424 g/mol. The van der Waals surface area contributed by atoms with E-state index in [9.17, 15) is 0 Å². The Balaban J connectivity index is 1.29. The van der Waals surface area contributed by atoms with Crippen LogP contribution in [0.3, 0.4) is 0 Å². The van der Waals surface area contributed by atoms with E-state index in [1.54, 1.807) is 0 Å². The van der Waals surface area contributed by atoms with E-state index in [0.717, 1.165) is 42.9 Å². The summed E-state index contributed by atoms with van der Waals surface area (Å²) in [4.78, 5) is 13.6. The van der Waals surface area contributed by atoms with E-state index in [0.29, 0.717) is 17.9 Å². The average Bonchev–Trinajstić information content (AvgIpc) is 3.44. The molecule has 0 bridgehead atoms. The van der Waals surface area contributed by atoms with Gasteiger partial charge in [-0.3, -0.25) is 0 Å². The molecule has 30 heavy (non-hydrogen) atoms. The van der Waals surface area contributed by atoms with Crippen molar-refractivity contribution in [2.75, 3.05) is 18.5 Å².